The minimum Gasteiger partial charge on any atom is -0.357 e. The minimum atomic E-state index is -3.18. The number of hydrogen-bond acceptors (Lipinski definition) is 6. The highest BCUT2D eigenvalue weighted by Crippen LogP contribution is 2.12. The van der Waals surface area contributed by atoms with Gasteiger partial charge in [-0.25, -0.2) is 23.4 Å². The Balaban J connectivity index is 1.63. The third-order valence-electron chi connectivity index (χ3n) is 4.51. The molecule has 8 nitrogen and oxygen atoms in total. The summed E-state index contributed by atoms with van der Waals surface area (Å²) in [5.74, 6) is 1.62. The van der Waals surface area contributed by atoms with E-state index in [9.17, 15) is 8.42 Å². The molecule has 28 heavy (non-hydrogen) atoms. The topological polar surface area (TPSA) is 90.8 Å². The fourth-order valence-electron chi connectivity index (χ4n) is 3.01. The Morgan fingerprint density at radius 1 is 1.11 bits per heavy atom. The second-order valence-electron chi connectivity index (χ2n) is 6.61. The maximum Gasteiger partial charge on any atom is 0.225 e. The van der Waals surface area contributed by atoms with Gasteiger partial charge < -0.3 is 15.1 Å². The minimum absolute atomic E-state index is 0.325. The largest absolute Gasteiger partial charge is 0.357 e. The summed E-state index contributed by atoms with van der Waals surface area (Å²) >= 11 is 0. The van der Waals surface area contributed by atoms with Gasteiger partial charge in [0.15, 0.2) is 15.8 Å². The predicted octanol–water partition coefficient (Wildman–Crippen LogP) is 1.17. The summed E-state index contributed by atoms with van der Waals surface area (Å²) in [6.45, 7) is 6.65. The first-order valence-corrected chi connectivity index (χ1v) is 11.2. The monoisotopic (exact) mass is 402 g/mol. The average Bonchev–Trinajstić information content (AvgIpc) is 2.71. The third kappa shape index (κ3) is 5.19. The number of nitrogens with one attached hydrogen (secondary N) is 1. The van der Waals surface area contributed by atoms with E-state index in [0.717, 1.165) is 50.2 Å². The van der Waals surface area contributed by atoms with E-state index in [1.165, 1.54) is 6.26 Å². The van der Waals surface area contributed by atoms with E-state index in [2.05, 4.69) is 25.1 Å². The molecule has 1 aromatic carbocycles. The Kier molecular flexibility index (Phi) is 6.45. The summed E-state index contributed by atoms with van der Waals surface area (Å²) in [6, 6.07) is 8.71. The molecule has 0 radical (unpaired) electrons. The van der Waals surface area contributed by atoms with E-state index in [1.54, 1.807) is 24.5 Å². The molecule has 1 fully saturated rings. The van der Waals surface area contributed by atoms with Crippen molar-refractivity contribution in [3.63, 3.8) is 0 Å². The van der Waals surface area contributed by atoms with E-state index >= 15 is 0 Å². The summed E-state index contributed by atoms with van der Waals surface area (Å²) in [6.07, 6.45) is 4.73. The highest BCUT2D eigenvalue weighted by atomic mass is 32.2. The van der Waals surface area contributed by atoms with E-state index < -0.39 is 9.84 Å². The van der Waals surface area contributed by atoms with Gasteiger partial charge in [-0.1, -0.05) is 12.1 Å². The van der Waals surface area contributed by atoms with Crippen molar-refractivity contribution in [3.8, 4) is 0 Å². The van der Waals surface area contributed by atoms with Gasteiger partial charge in [0.2, 0.25) is 5.95 Å². The van der Waals surface area contributed by atoms with Gasteiger partial charge in [0.05, 0.1) is 11.4 Å². The zero-order valence-electron chi connectivity index (χ0n) is 16.2. The molecule has 1 N–H and O–H groups in total. The van der Waals surface area contributed by atoms with Gasteiger partial charge in [-0.05, 0) is 30.7 Å². The summed E-state index contributed by atoms with van der Waals surface area (Å²) in [5.41, 5.74) is 0.971. The van der Waals surface area contributed by atoms with Crippen LogP contribution in [0.3, 0.4) is 0 Å². The van der Waals surface area contributed by atoms with Crippen LogP contribution in [0.25, 0.3) is 0 Å². The van der Waals surface area contributed by atoms with Crippen LogP contribution in [0.5, 0.6) is 0 Å². The van der Waals surface area contributed by atoms with Crippen LogP contribution >= 0.6 is 0 Å². The standard InChI is InChI=1S/C19H26N6O2S/c1-3-20-18(23-15-16-5-7-17(8-6-16)28(2,26)27)24-11-13-25(14-12-24)19-21-9-4-10-22-19/h4-10H,3,11-15H2,1-2H3,(H,20,23). The lowest BCUT2D eigenvalue weighted by molar-refractivity contribution is 0.370. The van der Waals surface area contributed by atoms with Crippen LogP contribution in [-0.4, -0.2) is 68.2 Å². The maximum absolute atomic E-state index is 11.6. The van der Waals surface area contributed by atoms with E-state index in [1.807, 2.05) is 25.1 Å². The number of aliphatic imine (C=N–C) groups is 1. The highest BCUT2D eigenvalue weighted by Gasteiger charge is 2.21. The number of piperazine rings is 1. The third-order valence-corrected chi connectivity index (χ3v) is 5.64. The zero-order valence-corrected chi connectivity index (χ0v) is 17.1. The first-order valence-electron chi connectivity index (χ1n) is 9.31. The molecule has 1 aliphatic rings. The van der Waals surface area contributed by atoms with Gasteiger partial charge in [-0.2, -0.15) is 0 Å². The van der Waals surface area contributed by atoms with Crippen molar-refractivity contribution in [1.29, 1.82) is 0 Å². The normalized spacial score (nSPS) is 15.6. The van der Waals surface area contributed by atoms with Gasteiger partial charge in [0.1, 0.15) is 0 Å². The maximum atomic E-state index is 11.6. The van der Waals surface area contributed by atoms with Crippen molar-refractivity contribution in [3.05, 3.63) is 48.3 Å². The number of aromatic nitrogens is 2. The van der Waals surface area contributed by atoms with Crippen LogP contribution in [0, 0.1) is 0 Å². The molecule has 1 saturated heterocycles. The second-order valence-corrected chi connectivity index (χ2v) is 8.62. The average molecular weight is 403 g/mol. The zero-order chi connectivity index (χ0) is 20.0. The van der Waals surface area contributed by atoms with Gasteiger partial charge >= 0.3 is 0 Å². The van der Waals surface area contributed by atoms with Gasteiger partial charge in [-0.15, -0.1) is 0 Å². The fraction of sp³-hybridized carbons (Fsp3) is 0.421. The molecule has 150 valence electrons. The molecular formula is C19H26N6O2S. The molecular weight excluding hydrogens is 376 g/mol. The number of rotatable bonds is 5. The Hall–Kier alpha value is -2.68. The molecule has 1 aliphatic heterocycles. The molecule has 1 aromatic heterocycles. The second kappa shape index (κ2) is 9.01. The van der Waals surface area contributed by atoms with Crippen LogP contribution in [0.4, 0.5) is 5.95 Å². The lowest BCUT2D eigenvalue weighted by Crippen LogP contribution is -2.52. The molecule has 0 aliphatic carbocycles. The first-order chi connectivity index (χ1) is 13.5. The lowest BCUT2D eigenvalue weighted by atomic mass is 10.2. The van der Waals surface area contributed by atoms with Gasteiger partial charge in [0, 0.05) is 51.4 Å². The summed E-state index contributed by atoms with van der Waals surface area (Å²) in [7, 11) is -3.18. The van der Waals surface area contributed by atoms with Crippen LogP contribution < -0.4 is 10.2 Å². The molecule has 3 rings (SSSR count). The van der Waals surface area contributed by atoms with Crippen LogP contribution in [-0.2, 0) is 16.4 Å². The number of benzene rings is 1. The Morgan fingerprint density at radius 2 is 1.75 bits per heavy atom. The highest BCUT2D eigenvalue weighted by molar-refractivity contribution is 7.90. The van der Waals surface area contributed by atoms with Crippen LogP contribution in [0.15, 0.2) is 52.6 Å². The quantitative estimate of drug-likeness (QED) is 0.593. The SMILES string of the molecule is CCNC(=NCc1ccc(S(C)(=O)=O)cc1)N1CCN(c2ncccn2)CC1. The van der Waals surface area contributed by atoms with Crippen LogP contribution in [0.2, 0.25) is 0 Å². The van der Waals surface area contributed by atoms with E-state index in [0.29, 0.717) is 11.4 Å². The Labute approximate surface area is 166 Å². The Bertz CT molecular complexity index is 892. The van der Waals surface area contributed by atoms with Crippen molar-refractivity contribution < 1.29 is 8.42 Å². The van der Waals surface area contributed by atoms with Crippen molar-refractivity contribution in [2.45, 2.75) is 18.4 Å². The van der Waals surface area contributed by atoms with Crippen LogP contribution in [0.1, 0.15) is 12.5 Å². The van der Waals surface area contributed by atoms with Gasteiger partial charge in [-0.3, -0.25) is 0 Å². The number of hydrogen-bond donors (Lipinski definition) is 1. The molecule has 0 amide bonds. The number of sulfone groups is 1. The van der Waals surface area contributed by atoms with Crippen molar-refractivity contribution in [1.82, 2.24) is 20.2 Å². The van der Waals surface area contributed by atoms with Crippen molar-refractivity contribution in [2.24, 2.45) is 4.99 Å². The predicted molar refractivity (Wildman–Crippen MR) is 110 cm³/mol. The summed E-state index contributed by atoms with van der Waals surface area (Å²) < 4.78 is 23.1. The molecule has 0 atom stereocenters. The molecule has 0 bridgehead atoms. The molecule has 2 heterocycles. The molecule has 2 aromatic rings. The number of guanidine groups is 1. The molecule has 0 saturated carbocycles. The first kappa shape index (κ1) is 20.1. The molecule has 0 spiro atoms. The van der Waals surface area contributed by atoms with Crippen molar-refractivity contribution in [2.75, 3.05) is 43.9 Å². The van der Waals surface area contributed by atoms with E-state index in [4.69, 9.17) is 4.99 Å². The van der Waals surface area contributed by atoms with Gasteiger partial charge in [0.25, 0.3) is 0 Å². The van der Waals surface area contributed by atoms with E-state index in [-0.39, 0.29) is 0 Å². The number of nitrogens with zero attached hydrogens (tertiary/aromatic N) is 5. The summed E-state index contributed by atoms with van der Waals surface area (Å²) in [5, 5.41) is 3.34. The Morgan fingerprint density at radius 3 is 2.32 bits per heavy atom. The fourth-order valence-corrected chi connectivity index (χ4v) is 3.64. The molecule has 0 unspecified atom stereocenters. The smallest absolute Gasteiger partial charge is 0.225 e. The molecule has 9 heteroatoms. The van der Waals surface area contributed by atoms with Crippen molar-refractivity contribution >= 4 is 21.7 Å². The summed E-state index contributed by atoms with van der Waals surface area (Å²) in [4.78, 5) is 18.1. The number of anilines is 1. The lowest BCUT2D eigenvalue weighted by Gasteiger charge is -2.36.